The fraction of sp³-hybridized carbons (Fsp3) is 0.682. The monoisotopic (exact) mass is 481 g/mol. The van der Waals surface area contributed by atoms with Crippen LogP contribution in [0.2, 0.25) is 5.28 Å². The van der Waals surface area contributed by atoms with Crippen LogP contribution in [0.3, 0.4) is 0 Å². The Morgan fingerprint density at radius 3 is 2.59 bits per heavy atom. The molecule has 0 bridgehead atoms. The number of carbonyl (C=O) groups excluding carboxylic acids is 1. The van der Waals surface area contributed by atoms with E-state index in [4.69, 9.17) is 21.1 Å². The number of fused-ring (bicyclic) bond motifs is 1. The van der Waals surface area contributed by atoms with Gasteiger partial charge in [0.05, 0.1) is 23.4 Å². The van der Waals surface area contributed by atoms with E-state index in [1.165, 1.54) is 4.88 Å². The summed E-state index contributed by atoms with van der Waals surface area (Å²) in [6.07, 6.45) is 1.63. The second-order valence-electron chi connectivity index (χ2n) is 9.44. The van der Waals surface area contributed by atoms with Gasteiger partial charge in [-0.25, -0.2) is 9.78 Å². The normalized spacial score (nSPS) is 18.8. The SMILES string of the molecule is CN(C(=O)OC(C)(C)C)C1CCN(Cc2cc3nc(Cl)nc(N4CCOCC4)c3s2)CC1. The molecule has 8 nitrogen and oxygen atoms in total. The highest BCUT2D eigenvalue weighted by Gasteiger charge is 2.29. The lowest BCUT2D eigenvalue weighted by Crippen LogP contribution is -2.46. The van der Waals surface area contributed by atoms with Crippen LogP contribution in [-0.2, 0) is 16.0 Å². The van der Waals surface area contributed by atoms with E-state index in [9.17, 15) is 4.79 Å². The number of aromatic nitrogens is 2. The molecule has 0 saturated carbocycles. The first-order valence-electron chi connectivity index (χ1n) is 11.2. The predicted octanol–water partition coefficient (Wildman–Crippen LogP) is 4.01. The number of hydrogen-bond acceptors (Lipinski definition) is 8. The third-order valence-electron chi connectivity index (χ3n) is 5.85. The van der Waals surface area contributed by atoms with Gasteiger partial charge in [0, 0.05) is 50.7 Å². The summed E-state index contributed by atoms with van der Waals surface area (Å²) in [7, 11) is 1.84. The molecule has 0 spiro atoms. The smallest absolute Gasteiger partial charge is 0.410 e. The van der Waals surface area contributed by atoms with Gasteiger partial charge in [0.2, 0.25) is 5.28 Å². The van der Waals surface area contributed by atoms with Gasteiger partial charge in [-0.05, 0) is 51.3 Å². The van der Waals surface area contributed by atoms with Gasteiger partial charge in [0.25, 0.3) is 0 Å². The van der Waals surface area contributed by atoms with E-state index >= 15 is 0 Å². The molecular formula is C22H32ClN5O3S. The van der Waals surface area contributed by atoms with Crippen molar-refractivity contribution in [3.05, 3.63) is 16.2 Å². The molecule has 10 heteroatoms. The maximum Gasteiger partial charge on any atom is 0.410 e. The molecule has 2 aromatic heterocycles. The molecule has 0 aliphatic carbocycles. The highest BCUT2D eigenvalue weighted by Crippen LogP contribution is 2.34. The summed E-state index contributed by atoms with van der Waals surface area (Å²) in [5.41, 5.74) is 0.435. The van der Waals surface area contributed by atoms with Gasteiger partial charge in [-0.3, -0.25) is 4.90 Å². The standard InChI is InChI=1S/C22H32ClN5O3S/c1-22(2,3)31-21(29)26(4)15-5-7-27(8-6-15)14-16-13-17-18(32-16)19(25-20(23)24-17)28-9-11-30-12-10-28/h13,15H,5-12,14H2,1-4H3. The molecule has 0 unspecified atom stereocenters. The number of morpholine rings is 1. The number of halogens is 1. The molecule has 32 heavy (non-hydrogen) atoms. The van der Waals surface area contributed by atoms with Crippen molar-refractivity contribution < 1.29 is 14.3 Å². The van der Waals surface area contributed by atoms with Gasteiger partial charge >= 0.3 is 6.09 Å². The van der Waals surface area contributed by atoms with Crippen LogP contribution in [0.15, 0.2) is 6.07 Å². The van der Waals surface area contributed by atoms with Crippen LogP contribution in [-0.4, -0.2) is 83.9 Å². The molecule has 0 radical (unpaired) electrons. The zero-order valence-electron chi connectivity index (χ0n) is 19.3. The maximum absolute atomic E-state index is 12.4. The zero-order valence-corrected chi connectivity index (χ0v) is 20.8. The Hall–Kier alpha value is -1.68. The summed E-state index contributed by atoms with van der Waals surface area (Å²) in [5.74, 6) is 0.914. The Kier molecular flexibility index (Phi) is 7.09. The Labute approximate surface area is 198 Å². The zero-order chi connectivity index (χ0) is 22.9. The lowest BCUT2D eigenvalue weighted by molar-refractivity contribution is 0.0149. The van der Waals surface area contributed by atoms with Crippen LogP contribution in [0.4, 0.5) is 10.6 Å². The molecule has 176 valence electrons. The topological polar surface area (TPSA) is 71.0 Å². The molecule has 2 fully saturated rings. The average molecular weight is 482 g/mol. The second-order valence-corrected chi connectivity index (χ2v) is 10.9. The molecule has 0 atom stereocenters. The Balaban J connectivity index is 1.39. The minimum absolute atomic E-state index is 0.209. The summed E-state index contributed by atoms with van der Waals surface area (Å²) in [6, 6.07) is 2.34. The van der Waals surface area contributed by atoms with E-state index in [0.717, 1.165) is 61.6 Å². The maximum atomic E-state index is 12.4. The largest absolute Gasteiger partial charge is 0.444 e. The quantitative estimate of drug-likeness (QED) is 0.611. The number of hydrogen-bond donors (Lipinski definition) is 0. The van der Waals surface area contributed by atoms with E-state index in [-0.39, 0.29) is 17.4 Å². The summed E-state index contributed by atoms with van der Waals surface area (Å²) in [4.78, 5) is 29.0. The summed E-state index contributed by atoms with van der Waals surface area (Å²) in [5, 5.41) is 0.286. The molecule has 2 aromatic rings. The van der Waals surface area contributed by atoms with Crippen molar-refractivity contribution in [2.75, 3.05) is 51.3 Å². The Morgan fingerprint density at radius 2 is 1.94 bits per heavy atom. The van der Waals surface area contributed by atoms with Crippen molar-refractivity contribution in [3.63, 3.8) is 0 Å². The number of piperidine rings is 1. The number of likely N-dealkylation sites (tertiary alicyclic amines) is 1. The van der Waals surface area contributed by atoms with Crippen molar-refractivity contribution in [1.29, 1.82) is 0 Å². The number of amides is 1. The lowest BCUT2D eigenvalue weighted by Gasteiger charge is -2.37. The van der Waals surface area contributed by atoms with Crippen LogP contribution in [0.1, 0.15) is 38.5 Å². The van der Waals surface area contributed by atoms with E-state index < -0.39 is 5.60 Å². The fourth-order valence-corrected chi connectivity index (χ4v) is 5.50. The van der Waals surface area contributed by atoms with Crippen LogP contribution < -0.4 is 4.90 Å². The summed E-state index contributed by atoms with van der Waals surface area (Å²) >= 11 is 7.97. The lowest BCUT2D eigenvalue weighted by atomic mass is 10.0. The Morgan fingerprint density at radius 1 is 1.25 bits per heavy atom. The number of anilines is 1. The van der Waals surface area contributed by atoms with E-state index in [1.54, 1.807) is 16.2 Å². The van der Waals surface area contributed by atoms with Gasteiger partial charge in [0.1, 0.15) is 5.60 Å². The number of ether oxygens (including phenoxy) is 2. The molecule has 4 heterocycles. The number of carbonyl (C=O) groups is 1. The first-order valence-corrected chi connectivity index (χ1v) is 12.4. The van der Waals surface area contributed by atoms with Gasteiger partial charge in [0.15, 0.2) is 5.82 Å². The minimum Gasteiger partial charge on any atom is -0.444 e. The molecule has 2 aliphatic rings. The van der Waals surface area contributed by atoms with Gasteiger partial charge < -0.3 is 19.3 Å². The minimum atomic E-state index is -0.473. The summed E-state index contributed by atoms with van der Waals surface area (Å²) < 4.78 is 12.1. The highest BCUT2D eigenvalue weighted by molar-refractivity contribution is 7.19. The van der Waals surface area contributed by atoms with E-state index in [2.05, 4.69) is 25.8 Å². The third-order valence-corrected chi connectivity index (χ3v) is 7.13. The Bertz CT molecular complexity index is 949. The highest BCUT2D eigenvalue weighted by atomic mass is 35.5. The summed E-state index contributed by atoms with van der Waals surface area (Å²) in [6.45, 7) is 11.5. The van der Waals surface area contributed by atoms with Crippen molar-refractivity contribution in [2.24, 2.45) is 0 Å². The molecule has 2 aliphatic heterocycles. The predicted molar refractivity (Wildman–Crippen MR) is 128 cm³/mol. The van der Waals surface area contributed by atoms with Gasteiger partial charge in [-0.15, -0.1) is 11.3 Å². The van der Waals surface area contributed by atoms with Gasteiger partial charge in [-0.2, -0.15) is 4.98 Å². The third kappa shape index (κ3) is 5.62. The molecule has 1 amide bonds. The van der Waals surface area contributed by atoms with Crippen LogP contribution in [0.5, 0.6) is 0 Å². The number of thiophene rings is 1. The number of nitrogens with zero attached hydrogens (tertiary/aromatic N) is 5. The van der Waals surface area contributed by atoms with Crippen molar-refractivity contribution in [3.8, 4) is 0 Å². The number of rotatable bonds is 4. The molecule has 0 N–H and O–H groups in total. The van der Waals surface area contributed by atoms with Crippen molar-refractivity contribution in [2.45, 2.75) is 51.8 Å². The van der Waals surface area contributed by atoms with E-state index in [0.29, 0.717) is 13.2 Å². The average Bonchev–Trinajstić information content (AvgIpc) is 3.14. The van der Waals surface area contributed by atoms with E-state index in [1.807, 2.05) is 27.8 Å². The van der Waals surface area contributed by atoms with Crippen molar-refractivity contribution >= 4 is 45.1 Å². The molecule has 4 rings (SSSR count). The molecular weight excluding hydrogens is 450 g/mol. The first-order chi connectivity index (χ1) is 15.2. The van der Waals surface area contributed by atoms with Crippen LogP contribution in [0.25, 0.3) is 10.2 Å². The van der Waals surface area contributed by atoms with Crippen LogP contribution >= 0.6 is 22.9 Å². The molecule has 2 saturated heterocycles. The van der Waals surface area contributed by atoms with Gasteiger partial charge in [-0.1, -0.05) is 0 Å². The first kappa shape index (κ1) is 23.5. The van der Waals surface area contributed by atoms with Crippen LogP contribution in [0, 0.1) is 0 Å². The molecule has 0 aromatic carbocycles. The van der Waals surface area contributed by atoms with Crippen molar-refractivity contribution in [1.82, 2.24) is 19.8 Å². The second kappa shape index (κ2) is 9.67. The fourth-order valence-electron chi connectivity index (χ4n) is 4.17.